The molecule has 56 valence electrons. The summed E-state index contributed by atoms with van der Waals surface area (Å²) in [4.78, 5) is 0. The Morgan fingerprint density at radius 1 is 1.44 bits per heavy atom. The third-order valence-corrected chi connectivity index (χ3v) is 1.16. The molecule has 1 atom stereocenters. The SMILES string of the molecule is CC1CCOC1.CCC. The fourth-order valence-electron chi connectivity index (χ4n) is 0.652. The molecule has 1 heterocycles. The van der Waals surface area contributed by atoms with Crippen LogP contribution in [-0.4, -0.2) is 13.2 Å². The van der Waals surface area contributed by atoms with Gasteiger partial charge in [0.2, 0.25) is 0 Å². The fourth-order valence-corrected chi connectivity index (χ4v) is 0.652. The summed E-state index contributed by atoms with van der Waals surface area (Å²) in [6.45, 7) is 8.44. The Labute approximate surface area is 58.4 Å². The maximum Gasteiger partial charge on any atom is 0.0492 e. The minimum Gasteiger partial charge on any atom is -0.381 e. The van der Waals surface area contributed by atoms with E-state index in [-0.39, 0.29) is 0 Å². The molecule has 0 bridgehead atoms. The van der Waals surface area contributed by atoms with Crippen molar-refractivity contribution >= 4 is 0 Å². The average molecular weight is 130 g/mol. The van der Waals surface area contributed by atoms with Crippen LogP contribution in [0.5, 0.6) is 0 Å². The molecule has 1 rings (SSSR count). The van der Waals surface area contributed by atoms with Crippen LogP contribution in [0.15, 0.2) is 0 Å². The second-order valence-corrected chi connectivity index (χ2v) is 2.68. The normalized spacial score (nSPS) is 25.0. The van der Waals surface area contributed by atoms with Crippen molar-refractivity contribution in [2.45, 2.75) is 33.6 Å². The van der Waals surface area contributed by atoms with E-state index < -0.39 is 0 Å². The van der Waals surface area contributed by atoms with Crippen molar-refractivity contribution < 1.29 is 4.74 Å². The van der Waals surface area contributed by atoms with E-state index in [2.05, 4.69) is 20.8 Å². The average Bonchev–Trinajstić information content (AvgIpc) is 2.20. The Bertz CT molecular complexity index is 46.5. The summed E-state index contributed by atoms with van der Waals surface area (Å²) in [7, 11) is 0. The second-order valence-electron chi connectivity index (χ2n) is 2.68. The van der Waals surface area contributed by atoms with Gasteiger partial charge in [-0.3, -0.25) is 0 Å². The molecule has 0 aromatic carbocycles. The van der Waals surface area contributed by atoms with Crippen LogP contribution in [0.1, 0.15) is 33.6 Å². The Balaban J connectivity index is 0.000000187. The Morgan fingerprint density at radius 3 is 2.11 bits per heavy atom. The highest BCUT2D eigenvalue weighted by Gasteiger charge is 2.07. The minimum absolute atomic E-state index is 0.824. The van der Waals surface area contributed by atoms with Crippen molar-refractivity contribution in [2.24, 2.45) is 5.92 Å². The third-order valence-electron chi connectivity index (χ3n) is 1.16. The van der Waals surface area contributed by atoms with Crippen molar-refractivity contribution in [3.8, 4) is 0 Å². The summed E-state index contributed by atoms with van der Waals surface area (Å²) in [5, 5.41) is 0. The molecule has 0 aliphatic carbocycles. The van der Waals surface area contributed by atoms with Crippen LogP contribution < -0.4 is 0 Å². The molecular weight excluding hydrogens is 112 g/mol. The molecule has 0 aromatic heterocycles. The zero-order chi connectivity index (χ0) is 7.11. The molecule has 0 radical (unpaired) electrons. The molecule has 1 heteroatoms. The standard InChI is InChI=1S/C5H10O.C3H8/c1-5-2-3-6-4-5;1-3-2/h5H,2-4H2,1H3;3H2,1-2H3. The second kappa shape index (κ2) is 6.09. The molecule has 0 spiro atoms. The summed E-state index contributed by atoms with van der Waals surface area (Å²) >= 11 is 0. The molecule has 1 aliphatic rings. The lowest BCUT2D eigenvalue weighted by Crippen LogP contribution is -1.88. The third kappa shape index (κ3) is 5.84. The van der Waals surface area contributed by atoms with Gasteiger partial charge in [-0.2, -0.15) is 0 Å². The molecule has 1 unspecified atom stereocenters. The van der Waals surface area contributed by atoms with Crippen LogP contribution in [-0.2, 0) is 4.74 Å². The van der Waals surface area contributed by atoms with Crippen molar-refractivity contribution in [2.75, 3.05) is 13.2 Å². The smallest absolute Gasteiger partial charge is 0.0492 e. The number of hydrogen-bond donors (Lipinski definition) is 0. The summed E-state index contributed by atoms with van der Waals surface area (Å²) in [6, 6.07) is 0. The van der Waals surface area contributed by atoms with Gasteiger partial charge in [-0.15, -0.1) is 0 Å². The predicted octanol–water partition coefficient (Wildman–Crippen LogP) is 2.46. The van der Waals surface area contributed by atoms with Gasteiger partial charge in [-0.05, 0) is 12.3 Å². The van der Waals surface area contributed by atoms with Crippen LogP contribution in [0.25, 0.3) is 0 Å². The summed E-state index contributed by atoms with van der Waals surface area (Å²) in [5.41, 5.74) is 0. The largest absolute Gasteiger partial charge is 0.381 e. The van der Waals surface area contributed by atoms with Crippen LogP contribution >= 0.6 is 0 Å². The van der Waals surface area contributed by atoms with Gasteiger partial charge in [-0.1, -0.05) is 27.2 Å². The first kappa shape index (κ1) is 8.96. The van der Waals surface area contributed by atoms with E-state index in [9.17, 15) is 0 Å². The lowest BCUT2D eigenvalue weighted by Gasteiger charge is -1.89. The Morgan fingerprint density at radius 2 is 2.00 bits per heavy atom. The highest BCUT2D eigenvalue weighted by atomic mass is 16.5. The van der Waals surface area contributed by atoms with Crippen LogP contribution in [0.4, 0.5) is 0 Å². The first-order valence-corrected chi connectivity index (χ1v) is 3.89. The molecule has 1 nitrogen and oxygen atoms in total. The summed E-state index contributed by atoms with van der Waals surface area (Å²) in [5.74, 6) is 0.824. The lowest BCUT2D eigenvalue weighted by molar-refractivity contribution is 0.188. The zero-order valence-electron chi connectivity index (χ0n) is 6.81. The Kier molecular flexibility index (Phi) is 6.06. The lowest BCUT2D eigenvalue weighted by atomic mass is 10.2. The first-order valence-electron chi connectivity index (χ1n) is 3.89. The van der Waals surface area contributed by atoms with E-state index in [4.69, 9.17) is 4.74 Å². The van der Waals surface area contributed by atoms with Gasteiger partial charge < -0.3 is 4.74 Å². The molecule has 1 saturated heterocycles. The van der Waals surface area contributed by atoms with E-state index in [1.54, 1.807) is 0 Å². The van der Waals surface area contributed by atoms with Crippen molar-refractivity contribution in [1.82, 2.24) is 0 Å². The first-order chi connectivity index (χ1) is 4.31. The number of ether oxygens (including phenoxy) is 1. The molecular formula is C8H18O. The highest BCUT2D eigenvalue weighted by Crippen LogP contribution is 2.09. The molecule has 0 saturated carbocycles. The molecule has 1 fully saturated rings. The number of hydrogen-bond acceptors (Lipinski definition) is 1. The van der Waals surface area contributed by atoms with E-state index in [1.165, 1.54) is 12.8 Å². The van der Waals surface area contributed by atoms with E-state index in [0.29, 0.717) is 0 Å². The van der Waals surface area contributed by atoms with Crippen LogP contribution in [0, 0.1) is 5.92 Å². The molecule has 0 N–H and O–H groups in total. The molecule has 0 aromatic rings. The van der Waals surface area contributed by atoms with Gasteiger partial charge >= 0.3 is 0 Å². The predicted molar refractivity (Wildman–Crippen MR) is 40.6 cm³/mol. The Hall–Kier alpha value is -0.0400. The maximum atomic E-state index is 5.06. The quantitative estimate of drug-likeness (QED) is 0.489. The highest BCUT2D eigenvalue weighted by molar-refractivity contribution is 4.55. The van der Waals surface area contributed by atoms with Crippen molar-refractivity contribution in [3.63, 3.8) is 0 Å². The van der Waals surface area contributed by atoms with Crippen LogP contribution in [0.2, 0.25) is 0 Å². The zero-order valence-corrected chi connectivity index (χ0v) is 6.81. The monoisotopic (exact) mass is 130 g/mol. The van der Waals surface area contributed by atoms with Gasteiger partial charge in [0.05, 0.1) is 0 Å². The molecule has 1 aliphatic heterocycles. The van der Waals surface area contributed by atoms with Gasteiger partial charge in [0.1, 0.15) is 0 Å². The summed E-state index contributed by atoms with van der Waals surface area (Å²) < 4.78 is 5.06. The van der Waals surface area contributed by atoms with Gasteiger partial charge in [0.25, 0.3) is 0 Å². The van der Waals surface area contributed by atoms with Gasteiger partial charge in [0, 0.05) is 13.2 Å². The number of rotatable bonds is 0. The van der Waals surface area contributed by atoms with Crippen molar-refractivity contribution in [3.05, 3.63) is 0 Å². The van der Waals surface area contributed by atoms with Gasteiger partial charge in [-0.25, -0.2) is 0 Å². The van der Waals surface area contributed by atoms with E-state index in [0.717, 1.165) is 19.1 Å². The van der Waals surface area contributed by atoms with Crippen LogP contribution in [0.3, 0.4) is 0 Å². The topological polar surface area (TPSA) is 9.23 Å². The van der Waals surface area contributed by atoms with E-state index in [1.807, 2.05) is 0 Å². The maximum absolute atomic E-state index is 5.06. The fraction of sp³-hybridized carbons (Fsp3) is 1.00. The summed E-state index contributed by atoms with van der Waals surface area (Å²) in [6.07, 6.45) is 2.51. The van der Waals surface area contributed by atoms with Crippen molar-refractivity contribution in [1.29, 1.82) is 0 Å². The van der Waals surface area contributed by atoms with E-state index >= 15 is 0 Å². The van der Waals surface area contributed by atoms with Gasteiger partial charge in [0.15, 0.2) is 0 Å². The minimum atomic E-state index is 0.824. The molecule has 9 heavy (non-hydrogen) atoms. The molecule has 0 amide bonds.